The molecule has 1 unspecified atom stereocenters. The average Bonchev–Trinajstić information content (AvgIpc) is 2.97. The van der Waals surface area contributed by atoms with Crippen LogP contribution >= 0.6 is 0 Å². The van der Waals surface area contributed by atoms with Crippen LogP contribution in [0.2, 0.25) is 0 Å². The van der Waals surface area contributed by atoms with E-state index in [0.717, 1.165) is 13.1 Å². The van der Waals surface area contributed by atoms with E-state index >= 15 is 0 Å². The highest BCUT2D eigenvalue weighted by Gasteiger charge is 2.22. The van der Waals surface area contributed by atoms with Gasteiger partial charge < -0.3 is 9.73 Å². The molecule has 6 nitrogen and oxygen atoms in total. The molecule has 1 aliphatic heterocycles. The Hall–Kier alpha value is -1.40. The van der Waals surface area contributed by atoms with E-state index in [1.165, 1.54) is 25.5 Å². The minimum Gasteiger partial charge on any atom is -0.404 e. The second kappa shape index (κ2) is 5.97. The summed E-state index contributed by atoms with van der Waals surface area (Å²) in [7, 11) is 0. The van der Waals surface area contributed by atoms with Crippen LogP contribution in [0.5, 0.6) is 0 Å². The molecule has 1 fully saturated rings. The first-order chi connectivity index (χ1) is 8.70. The Morgan fingerprint density at radius 1 is 1.61 bits per heavy atom. The van der Waals surface area contributed by atoms with Gasteiger partial charge in [-0.05, 0) is 32.0 Å². The maximum atomic E-state index is 10.5. The molecule has 0 radical (unpaired) electrons. The first-order valence-corrected chi connectivity index (χ1v) is 6.38. The summed E-state index contributed by atoms with van der Waals surface area (Å²) in [4.78, 5) is 12.4. The van der Waals surface area contributed by atoms with Gasteiger partial charge in [0.25, 0.3) is 0 Å². The fourth-order valence-electron chi connectivity index (χ4n) is 2.46. The number of nitro groups is 1. The summed E-state index contributed by atoms with van der Waals surface area (Å²) < 4.78 is 5.09. The zero-order chi connectivity index (χ0) is 13.0. The van der Waals surface area contributed by atoms with Crippen molar-refractivity contribution in [2.45, 2.75) is 32.4 Å². The molecule has 1 aliphatic rings. The average molecular weight is 253 g/mol. The van der Waals surface area contributed by atoms with Crippen molar-refractivity contribution in [2.75, 3.05) is 19.6 Å². The van der Waals surface area contributed by atoms with Crippen molar-refractivity contribution in [1.82, 2.24) is 10.2 Å². The van der Waals surface area contributed by atoms with Crippen LogP contribution < -0.4 is 5.32 Å². The number of likely N-dealkylation sites (N-methyl/N-ethyl adjacent to an activating group) is 1. The molecule has 1 saturated heterocycles. The zero-order valence-electron chi connectivity index (χ0n) is 10.6. The molecule has 6 heteroatoms. The van der Waals surface area contributed by atoms with Crippen LogP contribution in [0.15, 0.2) is 16.5 Å². The van der Waals surface area contributed by atoms with E-state index in [2.05, 4.69) is 17.1 Å². The van der Waals surface area contributed by atoms with Crippen molar-refractivity contribution in [3.05, 3.63) is 28.0 Å². The largest absolute Gasteiger partial charge is 0.433 e. The molecule has 100 valence electrons. The summed E-state index contributed by atoms with van der Waals surface area (Å²) in [5.41, 5.74) is 0. The Labute approximate surface area is 106 Å². The number of rotatable bonds is 6. The van der Waals surface area contributed by atoms with E-state index in [9.17, 15) is 10.1 Å². The Morgan fingerprint density at radius 3 is 3.11 bits per heavy atom. The van der Waals surface area contributed by atoms with Crippen molar-refractivity contribution < 1.29 is 9.34 Å². The second-order valence-corrected chi connectivity index (χ2v) is 4.55. The predicted octanol–water partition coefficient (Wildman–Crippen LogP) is 1.76. The lowest BCUT2D eigenvalue weighted by Crippen LogP contribution is -2.37. The van der Waals surface area contributed by atoms with Gasteiger partial charge in [0.1, 0.15) is 10.7 Å². The third-order valence-electron chi connectivity index (χ3n) is 3.41. The molecular weight excluding hydrogens is 234 g/mol. The number of nitrogens with zero attached hydrogens (tertiary/aromatic N) is 2. The Balaban J connectivity index is 1.76. The van der Waals surface area contributed by atoms with Gasteiger partial charge in [-0.2, -0.15) is 0 Å². The molecule has 0 bridgehead atoms. The number of likely N-dealkylation sites (tertiary alicyclic amines) is 1. The smallest absolute Gasteiger partial charge is 0.404 e. The molecule has 0 spiro atoms. The van der Waals surface area contributed by atoms with Gasteiger partial charge in [0.2, 0.25) is 0 Å². The highest BCUT2D eigenvalue weighted by atomic mass is 16.6. The summed E-state index contributed by atoms with van der Waals surface area (Å²) in [5.74, 6) is 0.422. The monoisotopic (exact) mass is 253 g/mol. The first kappa shape index (κ1) is 13.0. The third-order valence-corrected chi connectivity index (χ3v) is 3.41. The topological polar surface area (TPSA) is 71.5 Å². The predicted molar refractivity (Wildman–Crippen MR) is 67.3 cm³/mol. The van der Waals surface area contributed by atoms with Crippen LogP contribution in [0.1, 0.15) is 25.5 Å². The van der Waals surface area contributed by atoms with E-state index < -0.39 is 4.92 Å². The molecular formula is C12H19N3O3. The van der Waals surface area contributed by atoms with E-state index in [0.29, 0.717) is 18.3 Å². The molecule has 18 heavy (non-hydrogen) atoms. The van der Waals surface area contributed by atoms with Crippen LogP contribution in [0, 0.1) is 10.1 Å². The zero-order valence-corrected chi connectivity index (χ0v) is 10.6. The summed E-state index contributed by atoms with van der Waals surface area (Å²) in [6.45, 7) is 5.88. The van der Waals surface area contributed by atoms with Crippen molar-refractivity contribution in [3.8, 4) is 0 Å². The van der Waals surface area contributed by atoms with Gasteiger partial charge in [-0.3, -0.25) is 15.0 Å². The molecule has 1 N–H and O–H groups in total. The number of furan rings is 1. The quantitative estimate of drug-likeness (QED) is 0.618. The molecule has 0 aromatic carbocycles. The summed E-state index contributed by atoms with van der Waals surface area (Å²) in [6, 6.07) is 3.63. The van der Waals surface area contributed by atoms with Crippen molar-refractivity contribution in [3.63, 3.8) is 0 Å². The Morgan fingerprint density at radius 2 is 2.44 bits per heavy atom. The van der Waals surface area contributed by atoms with Crippen LogP contribution in [0.4, 0.5) is 5.88 Å². The van der Waals surface area contributed by atoms with Crippen molar-refractivity contribution in [1.29, 1.82) is 0 Å². The maximum absolute atomic E-state index is 10.5. The van der Waals surface area contributed by atoms with E-state index in [1.807, 2.05) is 0 Å². The number of nitrogens with one attached hydrogen (secondary N) is 1. The molecule has 1 aromatic heterocycles. The van der Waals surface area contributed by atoms with Crippen molar-refractivity contribution >= 4 is 5.88 Å². The summed E-state index contributed by atoms with van der Waals surface area (Å²) in [6.07, 6.45) is 2.48. The molecule has 0 amide bonds. The second-order valence-electron chi connectivity index (χ2n) is 4.55. The normalized spacial score (nSPS) is 20.4. The highest BCUT2D eigenvalue weighted by molar-refractivity contribution is 5.17. The highest BCUT2D eigenvalue weighted by Crippen LogP contribution is 2.17. The van der Waals surface area contributed by atoms with Crippen molar-refractivity contribution in [2.24, 2.45) is 0 Å². The minimum atomic E-state index is -0.515. The Bertz CT molecular complexity index is 405. The van der Waals surface area contributed by atoms with Gasteiger partial charge in [-0.15, -0.1) is 0 Å². The maximum Gasteiger partial charge on any atom is 0.433 e. The van der Waals surface area contributed by atoms with Gasteiger partial charge >= 0.3 is 5.88 Å². The lowest BCUT2D eigenvalue weighted by atomic mass is 10.2. The number of hydrogen-bond donors (Lipinski definition) is 1. The van der Waals surface area contributed by atoms with Gasteiger partial charge in [-0.1, -0.05) is 6.92 Å². The molecule has 2 heterocycles. The van der Waals surface area contributed by atoms with E-state index in [-0.39, 0.29) is 5.88 Å². The molecule has 1 aromatic rings. The van der Waals surface area contributed by atoms with Crippen LogP contribution in [0.25, 0.3) is 0 Å². The summed E-state index contributed by atoms with van der Waals surface area (Å²) >= 11 is 0. The van der Waals surface area contributed by atoms with E-state index in [1.54, 1.807) is 6.07 Å². The van der Waals surface area contributed by atoms with E-state index in [4.69, 9.17) is 4.42 Å². The fourth-order valence-corrected chi connectivity index (χ4v) is 2.46. The van der Waals surface area contributed by atoms with Gasteiger partial charge in [0.05, 0.1) is 12.6 Å². The molecule has 2 rings (SSSR count). The van der Waals surface area contributed by atoms with Gasteiger partial charge in [0, 0.05) is 12.6 Å². The SMILES string of the molecule is CCN1CCCC1CNCc1ccc([N+](=O)[O-])o1. The standard InChI is InChI=1S/C12H19N3O3/c1-2-14-7-3-4-10(14)8-13-9-11-5-6-12(18-11)15(16)17/h5-6,10,13H,2-4,7-9H2,1H3. The lowest BCUT2D eigenvalue weighted by Gasteiger charge is -2.22. The van der Waals surface area contributed by atoms with Gasteiger partial charge in [0.15, 0.2) is 0 Å². The minimum absolute atomic E-state index is 0.192. The fraction of sp³-hybridized carbons (Fsp3) is 0.667. The van der Waals surface area contributed by atoms with Crippen LogP contribution in [-0.2, 0) is 6.54 Å². The van der Waals surface area contributed by atoms with Crippen LogP contribution in [-0.4, -0.2) is 35.5 Å². The number of hydrogen-bond acceptors (Lipinski definition) is 5. The Kier molecular flexibility index (Phi) is 4.33. The van der Waals surface area contributed by atoms with Gasteiger partial charge in [-0.25, -0.2) is 0 Å². The first-order valence-electron chi connectivity index (χ1n) is 6.38. The summed E-state index contributed by atoms with van der Waals surface area (Å²) in [5, 5.41) is 13.8. The third kappa shape index (κ3) is 3.08. The van der Waals surface area contributed by atoms with Crippen LogP contribution in [0.3, 0.4) is 0 Å². The molecule has 1 atom stereocenters. The molecule has 0 aliphatic carbocycles. The lowest BCUT2D eigenvalue weighted by molar-refractivity contribution is -0.402. The molecule has 0 saturated carbocycles.